The van der Waals surface area contributed by atoms with Crippen LogP contribution in [0.4, 0.5) is 0 Å². The molecule has 3 aromatic carbocycles. The van der Waals surface area contributed by atoms with E-state index in [0.717, 1.165) is 43.6 Å². The molecule has 0 saturated carbocycles. The molecule has 3 aromatic rings. The van der Waals surface area contributed by atoms with Gasteiger partial charge in [0.15, 0.2) is 0 Å². The van der Waals surface area contributed by atoms with Gasteiger partial charge in [0.05, 0.1) is 30.1 Å². The van der Waals surface area contributed by atoms with Gasteiger partial charge in [-0.1, -0.05) is 90.8 Å². The average Bonchev–Trinajstić information content (AvgIpc) is 3.11. The van der Waals surface area contributed by atoms with Gasteiger partial charge in [-0.3, -0.25) is 9.59 Å². The van der Waals surface area contributed by atoms with Gasteiger partial charge in [-0.25, -0.2) is 0 Å². The molecule has 5 unspecified atom stereocenters. The monoisotopic (exact) mass is 685 g/mol. The van der Waals surface area contributed by atoms with Gasteiger partial charge in [0.2, 0.25) is 0 Å². The van der Waals surface area contributed by atoms with E-state index in [-0.39, 0.29) is 31.8 Å². The molecule has 2 aliphatic heterocycles. The molecule has 0 aliphatic carbocycles. The lowest BCUT2D eigenvalue weighted by Crippen LogP contribution is -2.71. The van der Waals surface area contributed by atoms with Gasteiger partial charge in [0.1, 0.15) is 0 Å². The molecule has 2 saturated heterocycles. The quantitative estimate of drug-likeness (QED) is 0.142. The van der Waals surface area contributed by atoms with Crippen LogP contribution >= 0.6 is 11.6 Å². The number of benzene rings is 3. The summed E-state index contributed by atoms with van der Waals surface area (Å²) in [4.78, 5) is 30.3. The van der Waals surface area contributed by atoms with Crippen LogP contribution in [0.2, 0.25) is 5.02 Å². The predicted octanol–water partition coefficient (Wildman–Crippen LogP) is 7.34. The largest absolute Gasteiger partial charge is 0.481 e. The Balaban J connectivity index is 1.63. The number of nitrogens with one attached hydrogen (secondary N) is 1. The van der Waals surface area contributed by atoms with Crippen molar-refractivity contribution in [3.8, 4) is 6.07 Å². The highest BCUT2D eigenvalue weighted by Crippen LogP contribution is 2.60. The van der Waals surface area contributed by atoms with Crippen LogP contribution in [-0.2, 0) is 14.3 Å². The van der Waals surface area contributed by atoms with E-state index in [2.05, 4.69) is 40.6 Å². The van der Waals surface area contributed by atoms with Crippen molar-refractivity contribution in [2.24, 2.45) is 10.8 Å². The van der Waals surface area contributed by atoms with Gasteiger partial charge in [-0.2, -0.15) is 5.26 Å². The number of rotatable bonds is 15. The zero-order valence-corrected chi connectivity index (χ0v) is 29.0. The van der Waals surface area contributed by atoms with Crippen molar-refractivity contribution in [3.63, 3.8) is 0 Å². The molecule has 49 heavy (non-hydrogen) atoms. The van der Waals surface area contributed by atoms with Crippen molar-refractivity contribution >= 4 is 23.5 Å². The van der Waals surface area contributed by atoms with E-state index in [0.29, 0.717) is 23.6 Å². The zero-order valence-electron chi connectivity index (χ0n) is 28.3. The van der Waals surface area contributed by atoms with Crippen LogP contribution in [0.3, 0.4) is 0 Å². The molecule has 9 heteroatoms. The fourth-order valence-corrected chi connectivity index (χ4v) is 8.78. The number of nitriles is 1. The lowest BCUT2D eigenvalue weighted by molar-refractivity contribution is -0.177. The van der Waals surface area contributed by atoms with Crippen molar-refractivity contribution < 1.29 is 24.5 Å². The van der Waals surface area contributed by atoms with Crippen molar-refractivity contribution in [2.75, 3.05) is 32.8 Å². The van der Waals surface area contributed by atoms with Crippen LogP contribution in [-0.4, -0.2) is 72.0 Å². The predicted molar refractivity (Wildman–Crippen MR) is 191 cm³/mol. The van der Waals surface area contributed by atoms with Gasteiger partial charge >= 0.3 is 11.9 Å². The SMILES string of the molecule is CC1NC(COCCN2CCCCC2)C(CCC(c2ccccc2)c2ccccc2)(C(=O)O)C(c2cccc(Cl)c2)C1(CCC#N)C(=O)O. The molecular formula is C40H48ClN3O5. The minimum atomic E-state index is -1.64. The Morgan fingerprint density at radius 1 is 0.939 bits per heavy atom. The van der Waals surface area contributed by atoms with E-state index < -0.39 is 40.8 Å². The fraction of sp³-hybridized carbons (Fsp3) is 0.475. The number of likely N-dealkylation sites (tertiary alicyclic amines) is 1. The summed E-state index contributed by atoms with van der Waals surface area (Å²) in [5.74, 6) is -3.40. The fourth-order valence-electron chi connectivity index (χ4n) is 8.58. The maximum Gasteiger partial charge on any atom is 0.311 e. The van der Waals surface area contributed by atoms with E-state index in [4.69, 9.17) is 16.3 Å². The van der Waals surface area contributed by atoms with Gasteiger partial charge in [0.25, 0.3) is 0 Å². The normalized spacial score (nSPS) is 25.9. The van der Waals surface area contributed by atoms with Crippen LogP contribution in [0.25, 0.3) is 0 Å². The molecule has 0 amide bonds. The standard InChI is InChI=1S/C40H48ClN3O5/c1-29-39(37(45)46,20-12-22-42)36(32-17-11-18-33(41)27-32)40(38(47)48,35(43-29)28-49-26-25-44-23-9-4-10-24-44)21-19-34(30-13-5-2-6-14-30)31-15-7-3-8-16-31/h2-3,5-8,11,13-18,27,29,34-36,43H,4,9-10,12,19-21,23-26,28H2,1H3,(H,45,46)(H,47,48). The molecule has 5 atom stereocenters. The number of nitrogens with zero attached hydrogens (tertiary/aromatic N) is 2. The average molecular weight is 686 g/mol. The molecule has 2 heterocycles. The lowest BCUT2D eigenvalue weighted by atomic mass is 9.49. The first-order valence-corrected chi connectivity index (χ1v) is 17.9. The lowest BCUT2D eigenvalue weighted by Gasteiger charge is -2.58. The first kappa shape index (κ1) is 36.5. The van der Waals surface area contributed by atoms with Crippen LogP contribution in [0, 0.1) is 22.2 Å². The second kappa shape index (κ2) is 16.8. The number of carbonyl (C=O) groups is 2. The van der Waals surface area contributed by atoms with Crippen molar-refractivity contribution in [3.05, 3.63) is 107 Å². The number of carboxylic acid groups (broad SMARTS) is 2. The maximum absolute atomic E-state index is 14.2. The van der Waals surface area contributed by atoms with Crippen LogP contribution < -0.4 is 5.32 Å². The molecule has 0 radical (unpaired) electrons. The Kier molecular flexibility index (Phi) is 12.5. The highest BCUT2D eigenvalue weighted by Gasteiger charge is 2.67. The van der Waals surface area contributed by atoms with E-state index in [1.807, 2.05) is 36.4 Å². The topological polar surface area (TPSA) is 123 Å². The highest BCUT2D eigenvalue weighted by atomic mass is 35.5. The van der Waals surface area contributed by atoms with Crippen LogP contribution in [0.15, 0.2) is 84.9 Å². The van der Waals surface area contributed by atoms with E-state index in [1.54, 1.807) is 31.2 Å². The minimum Gasteiger partial charge on any atom is -0.481 e. The Labute approximate surface area is 295 Å². The van der Waals surface area contributed by atoms with E-state index in [1.165, 1.54) is 6.42 Å². The van der Waals surface area contributed by atoms with Crippen molar-refractivity contribution in [1.29, 1.82) is 5.26 Å². The third kappa shape index (κ3) is 7.86. The third-order valence-electron chi connectivity index (χ3n) is 11.0. The molecule has 260 valence electrons. The Hall–Kier alpha value is -3.74. The number of aliphatic carboxylic acids is 2. The molecule has 2 aliphatic rings. The number of piperidine rings is 2. The molecule has 5 rings (SSSR count). The molecule has 2 fully saturated rings. The van der Waals surface area contributed by atoms with Crippen molar-refractivity contribution in [1.82, 2.24) is 10.2 Å². The smallest absolute Gasteiger partial charge is 0.311 e. The number of carboxylic acids is 2. The molecule has 3 N–H and O–H groups in total. The van der Waals surface area contributed by atoms with Gasteiger partial charge in [-0.15, -0.1) is 0 Å². The molecular weight excluding hydrogens is 638 g/mol. The second-order valence-electron chi connectivity index (χ2n) is 13.7. The Morgan fingerprint density at radius 3 is 2.14 bits per heavy atom. The molecule has 0 aromatic heterocycles. The summed E-state index contributed by atoms with van der Waals surface area (Å²) in [5, 5.41) is 36.4. The summed E-state index contributed by atoms with van der Waals surface area (Å²) < 4.78 is 6.33. The number of halogens is 1. The van der Waals surface area contributed by atoms with Gasteiger partial charge < -0.3 is 25.2 Å². The van der Waals surface area contributed by atoms with Gasteiger partial charge in [0, 0.05) is 41.9 Å². The minimum absolute atomic E-state index is 0.0253. The summed E-state index contributed by atoms with van der Waals surface area (Å²) in [6.45, 7) is 5.14. The number of hydrogen-bond acceptors (Lipinski definition) is 6. The van der Waals surface area contributed by atoms with E-state index in [9.17, 15) is 25.1 Å². The second-order valence-corrected chi connectivity index (χ2v) is 14.1. The third-order valence-corrected chi connectivity index (χ3v) is 11.3. The first-order valence-electron chi connectivity index (χ1n) is 17.5. The van der Waals surface area contributed by atoms with Crippen LogP contribution in [0.1, 0.15) is 80.4 Å². The summed E-state index contributed by atoms with van der Waals surface area (Å²) >= 11 is 6.56. The first-order chi connectivity index (χ1) is 23.7. The summed E-state index contributed by atoms with van der Waals surface area (Å²) in [6, 6.07) is 27.7. The number of ether oxygens (including phenoxy) is 1. The maximum atomic E-state index is 14.2. The highest BCUT2D eigenvalue weighted by molar-refractivity contribution is 6.30. The summed E-state index contributed by atoms with van der Waals surface area (Å²) in [7, 11) is 0. The zero-order chi connectivity index (χ0) is 34.9. The van der Waals surface area contributed by atoms with E-state index >= 15 is 0 Å². The van der Waals surface area contributed by atoms with Gasteiger partial charge in [-0.05, 0) is 80.9 Å². The van der Waals surface area contributed by atoms with Crippen molar-refractivity contribution in [2.45, 2.75) is 75.8 Å². The summed E-state index contributed by atoms with van der Waals surface area (Å²) in [6.07, 6.45) is 4.07. The van der Waals surface area contributed by atoms with Crippen LogP contribution in [0.5, 0.6) is 0 Å². The summed E-state index contributed by atoms with van der Waals surface area (Å²) in [5.41, 5.74) is -0.628. The number of hydrogen-bond donors (Lipinski definition) is 3. The molecule has 0 bridgehead atoms. The Bertz CT molecular complexity index is 1540. The Morgan fingerprint density at radius 2 is 1.57 bits per heavy atom. The molecule has 0 spiro atoms. The molecule has 8 nitrogen and oxygen atoms in total.